The minimum Gasteiger partial charge on any atom is -0.494 e. The molecule has 0 aliphatic carbocycles. The number of benzene rings is 3. The molecule has 3 aromatic carbocycles. The Kier molecular flexibility index (Phi) is 11.7. The summed E-state index contributed by atoms with van der Waals surface area (Å²) in [4.78, 5) is 24.4. The third kappa shape index (κ3) is 9.97. The van der Waals surface area contributed by atoms with Crippen molar-refractivity contribution < 1.29 is 28.5 Å². The van der Waals surface area contributed by atoms with Crippen LogP contribution in [0.3, 0.4) is 0 Å². The average Bonchev–Trinajstić information content (AvgIpc) is 2.94. The Hall–Kier alpha value is -4.33. The van der Waals surface area contributed by atoms with Crippen LogP contribution >= 0.6 is 0 Å². The summed E-state index contributed by atoms with van der Waals surface area (Å²) in [6, 6.07) is 20.7. The fourth-order valence-corrected chi connectivity index (χ4v) is 3.14. The van der Waals surface area contributed by atoms with Crippen LogP contribution < -0.4 is 24.4 Å². The number of hydrogen-bond acceptors (Lipinski definition) is 7. The Morgan fingerprint density at radius 1 is 0.711 bits per heavy atom. The van der Waals surface area contributed by atoms with Crippen molar-refractivity contribution in [3.05, 3.63) is 83.9 Å². The Morgan fingerprint density at radius 3 is 1.76 bits per heavy atom. The second-order valence-electron chi connectivity index (χ2n) is 8.44. The Balaban J connectivity index is 1.39. The topological polar surface area (TPSA) is 95.5 Å². The van der Waals surface area contributed by atoms with Crippen LogP contribution in [0.2, 0.25) is 0 Å². The molecule has 0 aromatic heterocycles. The van der Waals surface area contributed by atoms with E-state index in [2.05, 4.69) is 24.4 Å². The number of esters is 1. The van der Waals surface area contributed by atoms with Gasteiger partial charge in [0, 0.05) is 0 Å². The first-order chi connectivity index (χ1) is 18.6. The lowest BCUT2D eigenvalue weighted by molar-refractivity contribution is -0.123. The van der Waals surface area contributed by atoms with Crippen LogP contribution in [0.1, 0.15) is 55.5 Å². The Bertz CT molecular complexity index is 1160. The van der Waals surface area contributed by atoms with E-state index in [1.54, 1.807) is 60.7 Å². The molecule has 0 heterocycles. The maximum Gasteiger partial charge on any atom is 0.343 e. The SMILES string of the molecule is CCCCOc1ccc(OCC(=O)N/N=C\c2ccc(OC(=O)c3ccc(OCCCC)cc3)cc2)cc1. The van der Waals surface area contributed by atoms with Crippen molar-refractivity contribution >= 4 is 18.1 Å². The summed E-state index contributed by atoms with van der Waals surface area (Å²) >= 11 is 0. The van der Waals surface area contributed by atoms with Gasteiger partial charge in [0.2, 0.25) is 0 Å². The molecule has 0 fully saturated rings. The molecule has 8 nitrogen and oxygen atoms in total. The van der Waals surface area contributed by atoms with E-state index in [9.17, 15) is 9.59 Å². The van der Waals surface area contributed by atoms with Crippen LogP contribution in [0.15, 0.2) is 77.9 Å². The average molecular weight is 519 g/mol. The Morgan fingerprint density at radius 2 is 1.21 bits per heavy atom. The maximum atomic E-state index is 12.4. The molecule has 3 aromatic rings. The lowest BCUT2D eigenvalue weighted by atomic mass is 10.2. The normalized spacial score (nSPS) is 10.7. The number of nitrogens with one attached hydrogen (secondary N) is 1. The van der Waals surface area contributed by atoms with E-state index in [-0.39, 0.29) is 6.61 Å². The van der Waals surface area contributed by atoms with Gasteiger partial charge in [-0.15, -0.1) is 0 Å². The van der Waals surface area contributed by atoms with Crippen molar-refractivity contribution in [2.75, 3.05) is 19.8 Å². The molecule has 0 saturated heterocycles. The molecule has 0 radical (unpaired) electrons. The van der Waals surface area contributed by atoms with E-state index in [1.165, 1.54) is 6.21 Å². The summed E-state index contributed by atoms with van der Waals surface area (Å²) in [5.41, 5.74) is 3.57. The minimum absolute atomic E-state index is 0.173. The number of carbonyl (C=O) groups is 2. The van der Waals surface area contributed by atoms with Crippen LogP contribution in [0.4, 0.5) is 0 Å². The summed E-state index contributed by atoms with van der Waals surface area (Å²) in [6.07, 6.45) is 5.61. The van der Waals surface area contributed by atoms with Gasteiger partial charge in [-0.25, -0.2) is 10.2 Å². The van der Waals surface area contributed by atoms with Crippen LogP contribution in [0.25, 0.3) is 0 Å². The van der Waals surface area contributed by atoms with E-state index in [1.807, 2.05) is 12.1 Å². The zero-order valence-corrected chi connectivity index (χ0v) is 21.9. The van der Waals surface area contributed by atoms with Gasteiger partial charge >= 0.3 is 5.97 Å². The molecule has 200 valence electrons. The van der Waals surface area contributed by atoms with Crippen LogP contribution in [-0.4, -0.2) is 37.9 Å². The molecule has 0 aliphatic rings. The highest BCUT2D eigenvalue weighted by Gasteiger charge is 2.09. The van der Waals surface area contributed by atoms with Crippen LogP contribution in [0, 0.1) is 0 Å². The quantitative estimate of drug-likeness (QED) is 0.0899. The van der Waals surface area contributed by atoms with Crippen molar-refractivity contribution in [2.24, 2.45) is 5.10 Å². The number of rotatable bonds is 15. The first-order valence-corrected chi connectivity index (χ1v) is 12.8. The van der Waals surface area contributed by atoms with Gasteiger partial charge in [-0.3, -0.25) is 4.79 Å². The van der Waals surface area contributed by atoms with Gasteiger partial charge in [-0.05, 0) is 91.2 Å². The van der Waals surface area contributed by atoms with E-state index in [0.29, 0.717) is 30.3 Å². The zero-order chi connectivity index (χ0) is 27.0. The molecule has 1 N–H and O–H groups in total. The van der Waals surface area contributed by atoms with Gasteiger partial charge in [0.25, 0.3) is 5.91 Å². The van der Waals surface area contributed by atoms with Gasteiger partial charge in [0.1, 0.15) is 23.0 Å². The smallest absolute Gasteiger partial charge is 0.343 e. The van der Waals surface area contributed by atoms with Gasteiger partial charge in [0.15, 0.2) is 6.61 Å². The van der Waals surface area contributed by atoms with Gasteiger partial charge in [0.05, 0.1) is 25.0 Å². The number of nitrogens with zero attached hydrogens (tertiary/aromatic N) is 1. The highest BCUT2D eigenvalue weighted by molar-refractivity contribution is 5.91. The first-order valence-electron chi connectivity index (χ1n) is 12.8. The molecule has 0 aliphatic heterocycles. The fourth-order valence-electron chi connectivity index (χ4n) is 3.14. The van der Waals surface area contributed by atoms with Crippen molar-refractivity contribution in [3.63, 3.8) is 0 Å². The zero-order valence-electron chi connectivity index (χ0n) is 21.9. The number of hydrogen-bond donors (Lipinski definition) is 1. The molecule has 1 amide bonds. The predicted molar refractivity (Wildman–Crippen MR) is 146 cm³/mol. The molecule has 0 bridgehead atoms. The summed E-state index contributed by atoms with van der Waals surface area (Å²) in [5.74, 6) is 1.60. The number of unbranched alkanes of at least 4 members (excludes halogenated alkanes) is 2. The highest BCUT2D eigenvalue weighted by atomic mass is 16.5. The van der Waals surface area contributed by atoms with Crippen molar-refractivity contribution in [3.8, 4) is 23.0 Å². The third-order valence-corrected chi connectivity index (χ3v) is 5.31. The minimum atomic E-state index is -0.461. The van der Waals surface area contributed by atoms with Crippen LogP contribution in [0.5, 0.6) is 23.0 Å². The maximum absolute atomic E-state index is 12.4. The third-order valence-electron chi connectivity index (χ3n) is 5.31. The van der Waals surface area contributed by atoms with Crippen molar-refractivity contribution in [1.29, 1.82) is 0 Å². The molecule has 0 atom stereocenters. The fraction of sp³-hybridized carbons (Fsp3) is 0.300. The largest absolute Gasteiger partial charge is 0.494 e. The highest BCUT2D eigenvalue weighted by Crippen LogP contribution is 2.18. The summed E-state index contributed by atoms with van der Waals surface area (Å²) in [6.45, 7) is 5.36. The molecule has 38 heavy (non-hydrogen) atoms. The second-order valence-corrected chi connectivity index (χ2v) is 8.44. The van der Waals surface area contributed by atoms with Crippen molar-refractivity contribution in [2.45, 2.75) is 39.5 Å². The first kappa shape index (κ1) is 28.2. The summed E-state index contributed by atoms with van der Waals surface area (Å²) in [5, 5.41) is 3.94. The van der Waals surface area contributed by atoms with Gasteiger partial charge in [-0.2, -0.15) is 5.10 Å². The summed E-state index contributed by atoms with van der Waals surface area (Å²) < 4.78 is 22.1. The number of carbonyl (C=O) groups excluding carboxylic acids is 2. The molecule has 3 rings (SSSR count). The molecule has 0 unspecified atom stereocenters. The lowest BCUT2D eigenvalue weighted by Crippen LogP contribution is -2.24. The molecule has 0 saturated carbocycles. The standard InChI is InChI=1S/C30H34N2O6/c1-3-5-19-35-25-13-9-24(10-14-25)30(34)38-28-11-7-23(8-12-28)21-31-32-29(33)22-37-27-17-15-26(16-18-27)36-20-6-4-2/h7-18,21H,3-6,19-20,22H2,1-2H3,(H,32,33)/b31-21-. The molecule has 0 spiro atoms. The van der Waals surface area contributed by atoms with E-state index in [4.69, 9.17) is 18.9 Å². The second kappa shape index (κ2) is 15.7. The molecule has 8 heteroatoms. The molecular formula is C30H34N2O6. The summed E-state index contributed by atoms with van der Waals surface area (Å²) in [7, 11) is 0. The Labute approximate surface area is 223 Å². The number of hydrazone groups is 1. The van der Waals surface area contributed by atoms with E-state index >= 15 is 0 Å². The number of amides is 1. The van der Waals surface area contributed by atoms with Crippen LogP contribution in [-0.2, 0) is 4.79 Å². The van der Waals surface area contributed by atoms with Gasteiger partial charge in [-0.1, -0.05) is 26.7 Å². The monoisotopic (exact) mass is 518 g/mol. The number of ether oxygens (including phenoxy) is 4. The molecular weight excluding hydrogens is 484 g/mol. The van der Waals surface area contributed by atoms with Crippen molar-refractivity contribution in [1.82, 2.24) is 5.43 Å². The lowest BCUT2D eigenvalue weighted by Gasteiger charge is -2.08. The predicted octanol–water partition coefficient (Wildman–Crippen LogP) is 5.79. The van der Waals surface area contributed by atoms with Gasteiger partial charge < -0.3 is 18.9 Å². The van der Waals surface area contributed by atoms with E-state index in [0.717, 1.165) is 42.7 Å². The van der Waals surface area contributed by atoms with E-state index < -0.39 is 11.9 Å².